The van der Waals surface area contributed by atoms with Crippen molar-refractivity contribution in [2.75, 3.05) is 5.32 Å². The fraction of sp³-hybridized carbons (Fsp3) is 0.105. The van der Waals surface area contributed by atoms with Crippen LogP contribution in [0.2, 0.25) is 0 Å². The van der Waals surface area contributed by atoms with Gasteiger partial charge in [-0.25, -0.2) is 4.79 Å². The zero-order valence-corrected chi connectivity index (χ0v) is 15.2. The van der Waals surface area contributed by atoms with Gasteiger partial charge in [0.15, 0.2) is 0 Å². The molecule has 146 valence electrons. The number of benzene rings is 2. The Balaban J connectivity index is 1.68. The predicted octanol–water partition coefficient (Wildman–Crippen LogP) is 2.74. The third kappa shape index (κ3) is 3.50. The summed E-state index contributed by atoms with van der Waals surface area (Å²) in [6.07, 6.45) is 1.64. The van der Waals surface area contributed by atoms with Crippen LogP contribution < -0.4 is 16.0 Å². The molecule has 0 aliphatic carbocycles. The number of carbonyl (C=O) groups excluding carboxylic acids is 2. The molecular weight excluding hydrogens is 376 g/mol. The molecule has 3 amide bonds. The highest BCUT2D eigenvalue weighted by Gasteiger charge is 2.32. The van der Waals surface area contributed by atoms with Crippen LogP contribution in [0.25, 0.3) is 10.9 Å². The molecule has 4 rings (SSSR count). The number of amides is 3. The third-order valence-corrected chi connectivity index (χ3v) is 4.63. The highest BCUT2D eigenvalue weighted by Crippen LogP contribution is 2.30. The average Bonchev–Trinajstić information content (AvgIpc) is 3.15. The van der Waals surface area contributed by atoms with Crippen LogP contribution in [0.1, 0.15) is 18.5 Å². The Hall–Kier alpha value is -4.21. The first-order valence-corrected chi connectivity index (χ1v) is 8.69. The van der Waals surface area contributed by atoms with Crippen molar-refractivity contribution in [3.63, 3.8) is 0 Å². The lowest BCUT2D eigenvalue weighted by Crippen LogP contribution is -2.46. The second-order valence-electron chi connectivity index (χ2n) is 6.55. The molecule has 4 N–H and O–H groups in total. The zero-order chi connectivity index (χ0) is 20.5. The summed E-state index contributed by atoms with van der Waals surface area (Å²) in [6, 6.07) is 9.79. The van der Waals surface area contributed by atoms with Crippen molar-refractivity contribution in [2.45, 2.75) is 13.0 Å². The molecule has 3 aromatic rings. The molecule has 0 bridgehead atoms. The van der Waals surface area contributed by atoms with Crippen LogP contribution in [-0.4, -0.2) is 27.1 Å². The number of H-pyrrole nitrogens is 1. The smallest absolute Gasteiger partial charge is 0.319 e. The van der Waals surface area contributed by atoms with Crippen molar-refractivity contribution in [3.8, 4) is 0 Å². The molecule has 1 atom stereocenters. The largest absolute Gasteiger partial charge is 0.327 e. The van der Waals surface area contributed by atoms with Gasteiger partial charge >= 0.3 is 6.03 Å². The number of hydrogen-bond acceptors (Lipinski definition) is 5. The number of hydrogen-bond donors (Lipinski definition) is 4. The SMILES string of the molecule is CC1=C(C(=O)Nc2ccc3[nH]ncc3c2)C(c2cccc([N+](=O)[O-])c2)NC(=O)N1. The first kappa shape index (κ1) is 18.2. The fourth-order valence-electron chi connectivity index (χ4n) is 3.28. The van der Waals surface area contributed by atoms with Gasteiger partial charge in [0.25, 0.3) is 11.6 Å². The van der Waals surface area contributed by atoms with Gasteiger partial charge < -0.3 is 16.0 Å². The zero-order valence-electron chi connectivity index (χ0n) is 15.2. The van der Waals surface area contributed by atoms with E-state index in [2.05, 4.69) is 26.1 Å². The number of nitro groups is 1. The Morgan fingerprint density at radius 2 is 2.07 bits per heavy atom. The second-order valence-corrected chi connectivity index (χ2v) is 6.55. The number of rotatable bonds is 4. The summed E-state index contributed by atoms with van der Waals surface area (Å²) in [4.78, 5) is 35.6. The van der Waals surface area contributed by atoms with Crippen molar-refractivity contribution < 1.29 is 14.5 Å². The minimum absolute atomic E-state index is 0.127. The van der Waals surface area contributed by atoms with E-state index in [1.54, 1.807) is 37.4 Å². The Bertz CT molecular complexity index is 1180. The molecule has 10 nitrogen and oxygen atoms in total. The van der Waals surface area contributed by atoms with E-state index in [1.165, 1.54) is 18.2 Å². The minimum atomic E-state index is -0.832. The lowest BCUT2D eigenvalue weighted by atomic mass is 9.94. The maximum atomic E-state index is 13.0. The number of nitro benzene ring substituents is 1. The Kier molecular flexibility index (Phi) is 4.43. The average molecular weight is 392 g/mol. The maximum Gasteiger partial charge on any atom is 0.319 e. The number of urea groups is 1. The number of nitrogens with zero attached hydrogens (tertiary/aromatic N) is 2. The van der Waals surface area contributed by atoms with Gasteiger partial charge in [-0.2, -0.15) is 5.10 Å². The van der Waals surface area contributed by atoms with Gasteiger partial charge in [0.1, 0.15) is 0 Å². The fourth-order valence-corrected chi connectivity index (χ4v) is 3.28. The maximum absolute atomic E-state index is 13.0. The van der Waals surface area contributed by atoms with Crippen molar-refractivity contribution in [2.24, 2.45) is 0 Å². The van der Waals surface area contributed by atoms with Crippen molar-refractivity contribution in [1.82, 2.24) is 20.8 Å². The van der Waals surface area contributed by atoms with E-state index in [4.69, 9.17) is 0 Å². The number of anilines is 1. The highest BCUT2D eigenvalue weighted by molar-refractivity contribution is 6.07. The molecule has 29 heavy (non-hydrogen) atoms. The van der Waals surface area contributed by atoms with Crippen LogP contribution >= 0.6 is 0 Å². The predicted molar refractivity (Wildman–Crippen MR) is 105 cm³/mol. The monoisotopic (exact) mass is 392 g/mol. The molecule has 2 heterocycles. The Morgan fingerprint density at radius 3 is 2.86 bits per heavy atom. The number of carbonyl (C=O) groups is 2. The Morgan fingerprint density at radius 1 is 1.24 bits per heavy atom. The molecule has 1 unspecified atom stereocenters. The molecule has 0 radical (unpaired) electrons. The normalized spacial score (nSPS) is 16.3. The van der Waals surface area contributed by atoms with Crippen molar-refractivity contribution in [3.05, 3.63) is 75.6 Å². The molecule has 1 aromatic heterocycles. The van der Waals surface area contributed by atoms with E-state index >= 15 is 0 Å². The lowest BCUT2D eigenvalue weighted by Gasteiger charge is -2.28. The Labute approximate surface area is 164 Å². The van der Waals surface area contributed by atoms with E-state index in [1.807, 2.05) is 0 Å². The van der Waals surface area contributed by atoms with Gasteiger partial charge in [0.2, 0.25) is 0 Å². The van der Waals surface area contributed by atoms with E-state index in [9.17, 15) is 19.7 Å². The summed E-state index contributed by atoms with van der Waals surface area (Å²) < 4.78 is 0. The third-order valence-electron chi connectivity index (χ3n) is 4.63. The number of non-ortho nitro benzene ring substituents is 1. The summed E-state index contributed by atoms with van der Waals surface area (Å²) in [5, 5.41) is 26.8. The standard InChI is InChI=1S/C19H16N6O4/c1-10-16(18(26)22-13-5-6-15-12(7-13)9-20-24-15)17(23-19(27)21-10)11-3-2-4-14(8-11)25(28)29/h2-9,17H,1H3,(H,20,24)(H,22,26)(H2,21,23,27). The first-order valence-electron chi connectivity index (χ1n) is 8.69. The summed E-state index contributed by atoms with van der Waals surface area (Å²) in [7, 11) is 0. The van der Waals surface area contributed by atoms with Crippen LogP contribution in [-0.2, 0) is 4.79 Å². The van der Waals surface area contributed by atoms with Crippen LogP contribution in [0, 0.1) is 10.1 Å². The van der Waals surface area contributed by atoms with Crippen LogP contribution in [0.4, 0.5) is 16.2 Å². The van der Waals surface area contributed by atoms with E-state index in [-0.39, 0.29) is 11.3 Å². The van der Waals surface area contributed by atoms with Crippen LogP contribution in [0.15, 0.2) is 59.9 Å². The van der Waals surface area contributed by atoms with Gasteiger partial charge in [-0.1, -0.05) is 12.1 Å². The number of fused-ring (bicyclic) bond motifs is 1. The topological polar surface area (TPSA) is 142 Å². The molecule has 0 fully saturated rings. The van der Waals surface area contributed by atoms with Gasteiger partial charge in [0.05, 0.1) is 28.3 Å². The van der Waals surface area contributed by atoms with Gasteiger partial charge in [-0.3, -0.25) is 20.0 Å². The van der Waals surface area contributed by atoms with E-state index in [0.29, 0.717) is 16.9 Å². The number of nitrogens with one attached hydrogen (secondary N) is 4. The summed E-state index contributed by atoms with van der Waals surface area (Å²) in [5.74, 6) is -0.436. The van der Waals surface area contributed by atoms with E-state index in [0.717, 1.165) is 10.9 Å². The highest BCUT2D eigenvalue weighted by atomic mass is 16.6. The number of allylic oxidation sites excluding steroid dienone is 1. The van der Waals surface area contributed by atoms with Gasteiger partial charge in [-0.15, -0.1) is 0 Å². The lowest BCUT2D eigenvalue weighted by molar-refractivity contribution is -0.384. The number of aromatic nitrogens is 2. The number of aromatic amines is 1. The van der Waals surface area contributed by atoms with Gasteiger partial charge in [-0.05, 0) is 30.7 Å². The van der Waals surface area contributed by atoms with Crippen LogP contribution in [0.3, 0.4) is 0 Å². The second kappa shape index (κ2) is 7.08. The molecule has 1 aliphatic rings. The molecule has 1 aliphatic heterocycles. The van der Waals surface area contributed by atoms with Crippen molar-refractivity contribution >= 4 is 34.2 Å². The molecule has 0 saturated carbocycles. The summed E-state index contributed by atoms with van der Waals surface area (Å²) >= 11 is 0. The molecule has 0 saturated heterocycles. The summed E-state index contributed by atoms with van der Waals surface area (Å²) in [6.45, 7) is 1.61. The van der Waals surface area contributed by atoms with Crippen molar-refractivity contribution in [1.29, 1.82) is 0 Å². The minimum Gasteiger partial charge on any atom is -0.327 e. The van der Waals surface area contributed by atoms with E-state index < -0.39 is 22.9 Å². The van der Waals surface area contributed by atoms with Gasteiger partial charge in [0, 0.05) is 28.9 Å². The first-order chi connectivity index (χ1) is 13.9. The molecule has 2 aromatic carbocycles. The molecule has 0 spiro atoms. The quantitative estimate of drug-likeness (QED) is 0.399. The molecule has 10 heteroatoms. The summed E-state index contributed by atoms with van der Waals surface area (Å²) in [5.41, 5.74) is 2.32. The van der Waals surface area contributed by atoms with Crippen LogP contribution in [0.5, 0.6) is 0 Å². The molecular formula is C19H16N6O4.